The number of rotatable bonds is 12. The van der Waals surface area contributed by atoms with Gasteiger partial charge < -0.3 is 19.7 Å². The van der Waals surface area contributed by atoms with Gasteiger partial charge in [-0.1, -0.05) is 85.0 Å². The summed E-state index contributed by atoms with van der Waals surface area (Å²) in [4.78, 5) is 14.6. The second-order valence-corrected chi connectivity index (χ2v) is 13.2. The Kier molecular flexibility index (Phi) is 12.6. The molecule has 2 aliphatic rings. The third kappa shape index (κ3) is 9.09. The Labute approximate surface area is 310 Å². The summed E-state index contributed by atoms with van der Waals surface area (Å²) in [6.45, 7) is 7.27. The minimum Gasteiger partial charge on any atom is -0.872 e. The standard InChI is InChI=1S/C42H46N4O4.Ni/c47-39-27-33(49-25-23-45-19-7-1-8-20-45)17-15-31(39)29-43-41-37-13-5-3-11-35(37)36-12-4-6-14-38(36)42(41)44-30-32-16-18-34(28-40(32)48)50-26-24-46-21-9-2-10-22-46;/h3-6,11-18,27-30,47-48H,1-2,7-10,19-26H2;/q;+2/p-2. The van der Waals surface area contributed by atoms with Gasteiger partial charge in [0, 0.05) is 36.3 Å². The first-order valence-electron chi connectivity index (χ1n) is 18.0. The molecule has 0 amide bonds. The van der Waals surface area contributed by atoms with Crippen molar-refractivity contribution in [2.24, 2.45) is 9.98 Å². The molecule has 2 fully saturated rings. The summed E-state index contributed by atoms with van der Waals surface area (Å²) < 4.78 is 11.9. The molecule has 0 unspecified atom stereocenters. The van der Waals surface area contributed by atoms with Crippen molar-refractivity contribution in [3.63, 3.8) is 0 Å². The molecule has 9 heteroatoms. The van der Waals surface area contributed by atoms with Gasteiger partial charge >= 0.3 is 16.5 Å². The Morgan fingerprint density at radius 1 is 0.529 bits per heavy atom. The third-order valence-electron chi connectivity index (χ3n) is 9.76. The van der Waals surface area contributed by atoms with Crippen LogP contribution >= 0.6 is 0 Å². The molecule has 8 nitrogen and oxygen atoms in total. The number of piperidine rings is 2. The van der Waals surface area contributed by atoms with Crippen LogP contribution in [0.1, 0.15) is 49.7 Å². The van der Waals surface area contributed by atoms with Crippen LogP contribution in [0.4, 0.5) is 11.4 Å². The van der Waals surface area contributed by atoms with Gasteiger partial charge in [-0.25, -0.2) is 0 Å². The van der Waals surface area contributed by atoms with Gasteiger partial charge in [-0.3, -0.25) is 19.8 Å². The first-order chi connectivity index (χ1) is 24.6. The van der Waals surface area contributed by atoms with Crippen LogP contribution in [0.15, 0.2) is 94.9 Å². The maximum absolute atomic E-state index is 13.2. The van der Waals surface area contributed by atoms with Crippen molar-refractivity contribution >= 4 is 45.3 Å². The third-order valence-corrected chi connectivity index (χ3v) is 9.76. The molecule has 2 aliphatic heterocycles. The molecule has 0 saturated carbocycles. The van der Waals surface area contributed by atoms with Crippen LogP contribution in [0, 0.1) is 0 Å². The first-order valence-corrected chi connectivity index (χ1v) is 18.0. The number of hydrogen-bond acceptors (Lipinski definition) is 8. The van der Waals surface area contributed by atoms with E-state index in [4.69, 9.17) is 19.5 Å². The topological polar surface area (TPSA) is 95.8 Å². The van der Waals surface area contributed by atoms with E-state index in [1.54, 1.807) is 24.6 Å². The predicted octanol–water partition coefficient (Wildman–Crippen LogP) is 7.37. The van der Waals surface area contributed by atoms with Crippen LogP contribution in [-0.2, 0) is 16.5 Å². The predicted molar refractivity (Wildman–Crippen MR) is 199 cm³/mol. The van der Waals surface area contributed by atoms with E-state index in [0.717, 1.165) is 60.8 Å². The smallest absolute Gasteiger partial charge is 0.872 e. The fraction of sp³-hybridized carbons (Fsp3) is 0.333. The van der Waals surface area contributed by atoms with Gasteiger partial charge in [0.15, 0.2) is 0 Å². The molecule has 2 saturated heterocycles. The van der Waals surface area contributed by atoms with E-state index < -0.39 is 0 Å². The molecule has 0 spiro atoms. The molecular weight excluding hydrogens is 683 g/mol. The summed E-state index contributed by atoms with van der Waals surface area (Å²) in [5.41, 5.74) is 2.17. The molecule has 266 valence electrons. The van der Waals surface area contributed by atoms with E-state index in [9.17, 15) is 10.2 Å². The largest absolute Gasteiger partial charge is 2.00 e. The van der Waals surface area contributed by atoms with Gasteiger partial charge in [0.05, 0.1) is 11.4 Å². The minimum atomic E-state index is -0.159. The summed E-state index contributed by atoms with van der Waals surface area (Å²) in [6, 6.07) is 26.4. The molecular formula is C42H44N4NiO4. The summed E-state index contributed by atoms with van der Waals surface area (Å²) in [6.07, 6.45) is 10.7. The molecule has 5 aromatic rings. The second-order valence-electron chi connectivity index (χ2n) is 13.2. The zero-order chi connectivity index (χ0) is 34.1. The quantitative estimate of drug-likeness (QED) is 0.0757. The van der Waals surface area contributed by atoms with Crippen LogP contribution in [0.2, 0.25) is 0 Å². The van der Waals surface area contributed by atoms with Crippen molar-refractivity contribution in [1.29, 1.82) is 0 Å². The van der Waals surface area contributed by atoms with Crippen molar-refractivity contribution < 1.29 is 36.2 Å². The fourth-order valence-corrected chi connectivity index (χ4v) is 7.01. The van der Waals surface area contributed by atoms with Crippen LogP contribution < -0.4 is 19.7 Å². The molecule has 51 heavy (non-hydrogen) atoms. The Balaban J connectivity index is 0.00000448. The summed E-state index contributed by atoms with van der Waals surface area (Å²) >= 11 is 0. The van der Waals surface area contributed by atoms with Crippen molar-refractivity contribution in [1.82, 2.24) is 9.80 Å². The Hall–Kier alpha value is -4.43. The molecule has 0 N–H and O–H groups in total. The van der Waals surface area contributed by atoms with E-state index in [1.807, 2.05) is 48.5 Å². The molecule has 0 bridgehead atoms. The van der Waals surface area contributed by atoms with Gasteiger partial charge in [-0.05, 0) is 98.0 Å². The van der Waals surface area contributed by atoms with Gasteiger partial charge in [-0.2, -0.15) is 0 Å². The molecule has 2 heterocycles. The number of ether oxygens (including phenoxy) is 2. The maximum atomic E-state index is 13.2. The van der Waals surface area contributed by atoms with Crippen LogP contribution in [0.5, 0.6) is 23.0 Å². The zero-order valence-electron chi connectivity index (χ0n) is 28.9. The van der Waals surface area contributed by atoms with Crippen LogP contribution in [0.3, 0.4) is 0 Å². The second kappa shape index (κ2) is 17.7. The number of benzene rings is 5. The van der Waals surface area contributed by atoms with E-state index in [2.05, 4.69) is 21.9 Å². The Morgan fingerprint density at radius 2 is 0.922 bits per heavy atom. The molecule has 7 rings (SSSR count). The first kappa shape index (κ1) is 36.4. The van der Waals surface area contributed by atoms with Gasteiger partial charge in [0.25, 0.3) is 0 Å². The van der Waals surface area contributed by atoms with E-state index >= 15 is 0 Å². The molecule has 0 aromatic heterocycles. The summed E-state index contributed by atoms with van der Waals surface area (Å²) in [7, 11) is 0. The SMILES string of the molecule is [Ni+2].[O-]c1cc(OCCN2CCCCC2)ccc1C=Nc1c(N=Cc2ccc(OCCN3CCCCC3)cc2[O-])c2ccccc2c2ccccc12. The minimum absolute atomic E-state index is 0. The number of nitrogens with zero attached hydrogens (tertiary/aromatic N) is 4. The number of aliphatic imine (C=N–C) groups is 2. The van der Waals surface area contributed by atoms with Crippen molar-refractivity contribution in [3.8, 4) is 23.0 Å². The zero-order valence-corrected chi connectivity index (χ0v) is 29.9. The number of fused-ring (bicyclic) bond motifs is 3. The molecule has 0 aliphatic carbocycles. The number of likely N-dealkylation sites (tertiary alicyclic amines) is 2. The molecule has 0 radical (unpaired) electrons. The van der Waals surface area contributed by atoms with Crippen molar-refractivity contribution in [2.45, 2.75) is 38.5 Å². The monoisotopic (exact) mass is 726 g/mol. The van der Waals surface area contributed by atoms with Gasteiger partial charge in [-0.15, -0.1) is 0 Å². The maximum Gasteiger partial charge on any atom is 2.00 e. The van der Waals surface area contributed by atoms with Gasteiger partial charge in [0.2, 0.25) is 0 Å². The summed E-state index contributed by atoms with van der Waals surface area (Å²) in [5.74, 6) is 0.817. The van der Waals surface area contributed by atoms with Crippen molar-refractivity contribution in [3.05, 3.63) is 96.1 Å². The van der Waals surface area contributed by atoms with E-state index in [1.165, 1.54) is 50.7 Å². The van der Waals surface area contributed by atoms with E-state index in [0.29, 0.717) is 47.2 Å². The molecule has 0 atom stereocenters. The molecule has 5 aromatic carbocycles. The fourth-order valence-electron chi connectivity index (χ4n) is 7.01. The Bertz CT molecular complexity index is 1840. The van der Waals surface area contributed by atoms with E-state index in [-0.39, 0.29) is 28.0 Å². The number of hydrogen-bond donors (Lipinski definition) is 0. The van der Waals surface area contributed by atoms with Crippen molar-refractivity contribution in [2.75, 3.05) is 52.5 Å². The average Bonchev–Trinajstić information content (AvgIpc) is 3.15. The summed E-state index contributed by atoms with van der Waals surface area (Å²) in [5, 5.41) is 30.2. The normalized spacial score (nSPS) is 15.8. The Morgan fingerprint density at radius 3 is 1.31 bits per heavy atom. The average molecular weight is 728 g/mol. The van der Waals surface area contributed by atoms with Gasteiger partial charge in [0.1, 0.15) is 24.7 Å². The van der Waals surface area contributed by atoms with Crippen LogP contribution in [0.25, 0.3) is 21.5 Å². The van der Waals surface area contributed by atoms with Crippen LogP contribution in [-0.4, -0.2) is 74.7 Å².